The van der Waals surface area contributed by atoms with E-state index in [1.807, 2.05) is 13.0 Å². The van der Waals surface area contributed by atoms with Gasteiger partial charge < -0.3 is 16.4 Å². The first kappa shape index (κ1) is 16.5. The van der Waals surface area contributed by atoms with Crippen molar-refractivity contribution >= 4 is 17.5 Å². The molecule has 4 N–H and O–H groups in total. The van der Waals surface area contributed by atoms with Crippen LogP contribution in [-0.4, -0.2) is 24.4 Å². The normalized spacial score (nSPS) is 16.8. The molecular formula is C17H25N3O2. The van der Waals surface area contributed by atoms with Crippen LogP contribution in [0.5, 0.6) is 0 Å². The third-order valence-corrected chi connectivity index (χ3v) is 4.10. The number of nitrogens with two attached hydrogens (primary N) is 1. The second-order valence-electron chi connectivity index (χ2n) is 6.02. The molecule has 0 saturated heterocycles. The SMILES string of the molecule is C[C@@H](CN)NC(=O)c1cccc(NC(=O)C2CCCCC2)c1. The number of hydrogen-bond donors (Lipinski definition) is 3. The highest BCUT2D eigenvalue weighted by atomic mass is 16.2. The third kappa shape index (κ3) is 4.56. The van der Waals surface area contributed by atoms with Gasteiger partial charge in [0.15, 0.2) is 0 Å². The number of rotatable bonds is 5. The lowest BCUT2D eigenvalue weighted by Gasteiger charge is -2.21. The Morgan fingerprint density at radius 3 is 2.68 bits per heavy atom. The molecule has 0 heterocycles. The second-order valence-corrected chi connectivity index (χ2v) is 6.02. The van der Waals surface area contributed by atoms with Gasteiger partial charge in [0, 0.05) is 29.8 Å². The molecule has 22 heavy (non-hydrogen) atoms. The van der Waals surface area contributed by atoms with Gasteiger partial charge in [-0.25, -0.2) is 0 Å². The summed E-state index contributed by atoms with van der Waals surface area (Å²) in [5.74, 6) is -0.0113. The van der Waals surface area contributed by atoms with E-state index in [0.29, 0.717) is 17.8 Å². The number of amides is 2. The Hall–Kier alpha value is -1.88. The maximum absolute atomic E-state index is 12.2. The zero-order valence-electron chi connectivity index (χ0n) is 13.1. The van der Waals surface area contributed by atoms with Gasteiger partial charge >= 0.3 is 0 Å². The molecule has 1 atom stereocenters. The highest BCUT2D eigenvalue weighted by Crippen LogP contribution is 2.25. The molecule has 2 rings (SSSR count). The van der Waals surface area contributed by atoms with Crippen LogP contribution in [0.4, 0.5) is 5.69 Å². The molecule has 0 aliphatic heterocycles. The highest BCUT2D eigenvalue weighted by molar-refractivity contribution is 5.97. The van der Waals surface area contributed by atoms with Crippen molar-refractivity contribution in [2.75, 3.05) is 11.9 Å². The van der Waals surface area contributed by atoms with E-state index in [0.717, 1.165) is 25.7 Å². The van der Waals surface area contributed by atoms with E-state index in [1.54, 1.807) is 18.2 Å². The lowest BCUT2D eigenvalue weighted by atomic mass is 9.88. The summed E-state index contributed by atoms with van der Waals surface area (Å²) in [6.07, 6.45) is 5.38. The van der Waals surface area contributed by atoms with Crippen molar-refractivity contribution in [1.29, 1.82) is 0 Å². The van der Waals surface area contributed by atoms with Crippen LogP contribution in [0.25, 0.3) is 0 Å². The highest BCUT2D eigenvalue weighted by Gasteiger charge is 2.21. The molecule has 1 fully saturated rings. The first-order valence-corrected chi connectivity index (χ1v) is 8.02. The van der Waals surface area contributed by atoms with Crippen molar-refractivity contribution in [3.63, 3.8) is 0 Å². The van der Waals surface area contributed by atoms with Crippen molar-refractivity contribution in [1.82, 2.24) is 5.32 Å². The van der Waals surface area contributed by atoms with Gasteiger partial charge in [-0.05, 0) is 38.0 Å². The molecule has 1 aliphatic carbocycles. The van der Waals surface area contributed by atoms with Crippen molar-refractivity contribution < 1.29 is 9.59 Å². The number of carbonyl (C=O) groups is 2. The summed E-state index contributed by atoms with van der Waals surface area (Å²) >= 11 is 0. The van der Waals surface area contributed by atoms with Crippen LogP contribution in [0.3, 0.4) is 0 Å². The zero-order valence-corrected chi connectivity index (χ0v) is 13.1. The lowest BCUT2D eigenvalue weighted by Crippen LogP contribution is -2.37. The van der Waals surface area contributed by atoms with Crippen LogP contribution < -0.4 is 16.4 Å². The molecule has 120 valence electrons. The second kappa shape index (κ2) is 7.94. The standard InChI is InChI=1S/C17H25N3O2/c1-12(11-18)19-17(22)14-8-5-9-15(10-14)20-16(21)13-6-3-2-4-7-13/h5,8-10,12-13H,2-4,6-7,11,18H2,1H3,(H,19,22)(H,20,21)/t12-/m0/s1. The molecule has 2 amide bonds. The zero-order chi connectivity index (χ0) is 15.9. The van der Waals surface area contributed by atoms with Crippen LogP contribution in [0.1, 0.15) is 49.4 Å². The first-order chi connectivity index (χ1) is 10.6. The molecular weight excluding hydrogens is 278 g/mol. The van der Waals surface area contributed by atoms with Gasteiger partial charge in [-0.1, -0.05) is 25.3 Å². The largest absolute Gasteiger partial charge is 0.348 e. The summed E-state index contributed by atoms with van der Waals surface area (Å²) in [5.41, 5.74) is 6.70. The minimum absolute atomic E-state index is 0.0626. The van der Waals surface area contributed by atoms with Gasteiger partial charge in [0.05, 0.1) is 0 Å². The number of benzene rings is 1. The Balaban J connectivity index is 1.98. The average molecular weight is 303 g/mol. The van der Waals surface area contributed by atoms with Gasteiger partial charge in [-0.3, -0.25) is 9.59 Å². The number of hydrogen-bond acceptors (Lipinski definition) is 3. The van der Waals surface area contributed by atoms with Gasteiger partial charge in [0.2, 0.25) is 5.91 Å². The Bertz CT molecular complexity index is 524. The van der Waals surface area contributed by atoms with E-state index in [9.17, 15) is 9.59 Å². The van der Waals surface area contributed by atoms with Crippen LogP contribution in [0.15, 0.2) is 24.3 Å². The topological polar surface area (TPSA) is 84.2 Å². The molecule has 1 aromatic rings. The minimum atomic E-state index is -0.174. The summed E-state index contributed by atoms with van der Waals surface area (Å²) in [6.45, 7) is 2.25. The quantitative estimate of drug-likeness (QED) is 0.780. The molecule has 0 aromatic heterocycles. The van der Waals surface area contributed by atoms with Crippen molar-refractivity contribution in [3.8, 4) is 0 Å². The molecule has 0 radical (unpaired) electrons. The summed E-state index contributed by atoms with van der Waals surface area (Å²) < 4.78 is 0. The van der Waals surface area contributed by atoms with Gasteiger partial charge in [-0.2, -0.15) is 0 Å². The average Bonchev–Trinajstić information content (AvgIpc) is 2.55. The summed E-state index contributed by atoms with van der Waals surface area (Å²) in [5, 5.41) is 5.74. The monoisotopic (exact) mass is 303 g/mol. The molecule has 5 nitrogen and oxygen atoms in total. The van der Waals surface area contributed by atoms with Gasteiger partial charge in [0.25, 0.3) is 5.91 Å². The Kier molecular flexibility index (Phi) is 5.95. The van der Waals surface area contributed by atoms with Crippen molar-refractivity contribution in [3.05, 3.63) is 29.8 Å². The van der Waals surface area contributed by atoms with E-state index in [2.05, 4.69) is 10.6 Å². The number of anilines is 1. The third-order valence-electron chi connectivity index (χ3n) is 4.10. The molecule has 1 aliphatic rings. The fourth-order valence-electron chi connectivity index (χ4n) is 2.71. The molecule has 0 bridgehead atoms. The summed E-state index contributed by atoms with van der Waals surface area (Å²) in [6, 6.07) is 6.95. The van der Waals surface area contributed by atoms with Crippen molar-refractivity contribution in [2.24, 2.45) is 11.7 Å². The Morgan fingerprint density at radius 2 is 2.00 bits per heavy atom. The van der Waals surface area contributed by atoms with Gasteiger partial charge in [-0.15, -0.1) is 0 Å². The molecule has 5 heteroatoms. The lowest BCUT2D eigenvalue weighted by molar-refractivity contribution is -0.120. The van der Waals surface area contributed by atoms with Crippen LogP contribution in [0, 0.1) is 5.92 Å². The summed E-state index contributed by atoms with van der Waals surface area (Å²) in [7, 11) is 0. The number of nitrogens with one attached hydrogen (secondary N) is 2. The number of carbonyl (C=O) groups excluding carboxylic acids is 2. The maximum atomic E-state index is 12.2. The molecule has 0 spiro atoms. The summed E-state index contributed by atoms with van der Waals surface area (Å²) in [4.78, 5) is 24.3. The Labute approximate surface area is 131 Å². The van der Waals surface area contributed by atoms with Gasteiger partial charge in [0.1, 0.15) is 0 Å². The minimum Gasteiger partial charge on any atom is -0.348 e. The first-order valence-electron chi connectivity index (χ1n) is 8.02. The van der Waals surface area contributed by atoms with E-state index < -0.39 is 0 Å². The predicted octanol–water partition coefficient (Wildman–Crippen LogP) is 2.28. The predicted molar refractivity (Wildman–Crippen MR) is 87.6 cm³/mol. The van der Waals surface area contributed by atoms with Crippen LogP contribution >= 0.6 is 0 Å². The fourth-order valence-corrected chi connectivity index (χ4v) is 2.71. The van der Waals surface area contributed by atoms with Crippen LogP contribution in [0.2, 0.25) is 0 Å². The molecule has 1 saturated carbocycles. The fraction of sp³-hybridized carbons (Fsp3) is 0.529. The molecule has 0 unspecified atom stereocenters. The maximum Gasteiger partial charge on any atom is 0.251 e. The van der Waals surface area contributed by atoms with Crippen LogP contribution in [-0.2, 0) is 4.79 Å². The smallest absolute Gasteiger partial charge is 0.251 e. The van der Waals surface area contributed by atoms with E-state index in [4.69, 9.17) is 5.73 Å². The Morgan fingerprint density at radius 1 is 1.27 bits per heavy atom. The van der Waals surface area contributed by atoms with E-state index >= 15 is 0 Å². The van der Waals surface area contributed by atoms with Crippen molar-refractivity contribution in [2.45, 2.75) is 45.1 Å². The molecule has 1 aromatic carbocycles. The van der Waals surface area contributed by atoms with E-state index in [1.165, 1.54) is 6.42 Å². The van der Waals surface area contributed by atoms with E-state index in [-0.39, 0.29) is 23.8 Å².